The van der Waals surface area contributed by atoms with Crippen molar-refractivity contribution in [2.24, 2.45) is 7.05 Å². The average molecular weight is 374 g/mol. The maximum Gasteiger partial charge on any atom is 0.247 e. The lowest BCUT2D eigenvalue weighted by molar-refractivity contribution is 0.600. The molecule has 3 aromatic rings. The van der Waals surface area contributed by atoms with Gasteiger partial charge in [0.15, 0.2) is 0 Å². The van der Waals surface area contributed by atoms with Crippen molar-refractivity contribution in [2.45, 2.75) is 0 Å². The summed E-state index contributed by atoms with van der Waals surface area (Å²) < 4.78 is 26.5. The van der Waals surface area contributed by atoms with Crippen LogP contribution in [-0.2, 0) is 17.1 Å². The molecule has 10 nitrogen and oxygen atoms in total. The highest BCUT2D eigenvalue weighted by atomic mass is 32.2. The fourth-order valence-electron chi connectivity index (χ4n) is 2.18. The first-order chi connectivity index (χ1) is 12.3. The Morgan fingerprint density at radius 1 is 1.08 bits per heavy atom. The highest BCUT2D eigenvalue weighted by Crippen LogP contribution is 2.29. The molecule has 1 aromatic carbocycles. The quantitative estimate of drug-likeness (QED) is 0.666. The minimum Gasteiger partial charge on any atom is -0.338 e. The zero-order valence-electron chi connectivity index (χ0n) is 14.4. The third-order valence-electron chi connectivity index (χ3n) is 3.51. The molecule has 2 N–H and O–H groups in total. The van der Waals surface area contributed by atoms with Crippen LogP contribution in [0.2, 0.25) is 0 Å². The van der Waals surface area contributed by atoms with E-state index in [2.05, 4.69) is 30.7 Å². The molecule has 0 radical (unpaired) electrons. The maximum atomic E-state index is 11.8. The smallest absolute Gasteiger partial charge is 0.247 e. The van der Waals surface area contributed by atoms with E-state index >= 15 is 0 Å². The molecule has 0 fully saturated rings. The topological polar surface area (TPSA) is 118 Å². The van der Waals surface area contributed by atoms with Crippen LogP contribution in [0.5, 0.6) is 0 Å². The van der Waals surface area contributed by atoms with E-state index in [0.29, 0.717) is 29.0 Å². The van der Waals surface area contributed by atoms with Crippen molar-refractivity contribution in [2.75, 3.05) is 28.2 Å². The van der Waals surface area contributed by atoms with Crippen molar-refractivity contribution in [3.05, 3.63) is 43.0 Å². The molecule has 26 heavy (non-hydrogen) atoms. The molecule has 11 heteroatoms. The van der Waals surface area contributed by atoms with Crippen molar-refractivity contribution < 1.29 is 8.42 Å². The van der Waals surface area contributed by atoms with Crippen LogP contribution in [0.3, 0.4) is 0 Å². The summed E-state index contributed by atoms with van der Waals surface area (Å²) in [6.07, 6.45) is 4.10. The van der Waals surface area contributed by atoms with Gasteiger partial charge in [0.05, 0.1) is 17.6 Å². The molecule has 0 aliphatic carbocycles. The highest BCUT2D eigenvalue weighted by molar-refractivity contribution is 7.92. The van der Waals surface area contributed by atoms with Gasteiger partial charge in [0.1, 0.15) is 24.3 Å². The van der Waals surface area contributed by atoms with Gasteiger partial charge in [-0.25, -0.2) is 23.4 Å². The lowest BCUT2D eigenvalue weighted by atomic mass is 10.2. The van der Waals surface area contributed by atoms with Crippen LogP contribution in [0, 0.1) is 0 Å². The van der Waals surface area contributed by atoms with Gasteiger partial charge in [0, 0.05) is 20.2 Å². The Balaban J connectivity index is 1.85. The van der Waals surface area contributed by atoms with Gasteiger partial charge in [-0.05, 0) is 12.1 Å². The van der Waals surface area contributed by atoms with Crippen LogP contribution in [0.4, 0.5) is 29.0 Å². The molecule has 0 aliphatic rings. The van der Waals surface area contributed by atoms with E-state index in [-0.39, 0.29) is 0 Å². The zero-order valence-corrected chi connectivity index (χ0v) is 15.3. The van der Waals surface area contributed by atoms with Gasteiger partial charge in [-0.2, -0.15) is 0 Å². The number of para-hydroxylation sites is 2. The van der Waals surface area contributed by atoms with Crippen molar-refractivity contribution in [3.8, 4) is 0 Å². The number of sulfonamides is 1. The van der Waals surface area contributed by atoms with Gasteiger partial charge in [0.25, 0.3) is 0 Å². The van der Waals surface area contributed by atoms with Gasteiger partial charge in [-0.3, -0.25) is 8.99 Å². The summed E-state index contributed by atoms with van der Waals surface area (Å²) in [7, 11) is -0.128. The molecule has 0 unspecified atom stereocenters. The standard InChI is InChI=1S/C15H18N8O2S/c1-22-10-18-15(21-22)20-14-8-13(16-9-17-14)19-11-6-4-5-7-12(11)23(2)26(3,24)25/h4-10H,1-3H3,(H2,16,17,19,20,21). The summed E-state index contributed by atoms with van der Waals surface area (Å²) in [6.45, 7) is 0. The first-order valence-corrected chi connectivity index (χ1v) is 9.42. The number of anilines is 5. The molecule has 0 spiro atoms. The van der Waals surface area contributed by atoms with E-state index in [9.17, 15) is 8.42 Å². The maximum absolute atomic E-state index is 11.8. The first kappa shape index (κ1) is 17.6. The van der Waals surface area contributed by atoms with E-state index in [1.807, 2.05) is 0 Å². The Labute approximate surface area is 151 Å². The fourth-order valence-corrected chi connectivity index (χ4v) is 2.69. The van der Waals surface area contributed by atoms with Crippen molar-refractivity contribution >= 4 is 39.0 Å². The SMILES string of the molecule is CN(c1ccccc1Nc1cc(Nc2ncn(C)n2)ncn1)S(C)(=O)=O. The lowest BCUT2D eigenvalue weighted by Gasteiger charge is -2.20. The molecule has 0 bridgehead atoms. The molecular formula is C15H18N8O2S. The van der Waals surface area contributed by atoms with Gasteiger partial charge >= 0.3 is 0 Å². The lowest BCUT2D eigenvalue weighted by Crippen LogP contribution is -2.25. The van der Waals surface area contributed by atoms with Crippen LogP contribution < -0.4 is 14.9 Å². The van der Waals surface area contributed by atoms with Gasteiger partial charge in [0.2, 0.25) is 16.0 Å². The third-order valence-corrected chi connectivity index (χ3v) is 4.70. The summed E-state index contributed by atoms with van der Waals surface area (Å²) >= 11 is 0. The number of rotatable bonds is 6. The van der Waals surface area contributed by atoms with Crippen LogP contribution >= 0.6 is 0 Å². The molecule has 0 amide bonds. The van der Waals surface area contributed by atoms with E-state index in [4.69, 9.17) is 0 Å². The zero-order chi connectivity index (χ0) is 18.7. The molecule has 136 valence electrons. The number of aromatic nitrogens is 5. The van der Waals surface area contributed by atoms with Crippen molar-refractivity contribution in [1.29, 1.82) is 0 Å². The first-order valence-electron chi connectivity index (χ1n) is 7.57. The van der Waals surface area contributed by atoms with Gasteiger partial charge in [-0.15, -0.1) is 5.10 Å². The Bertz CT molecular complexity index is 1020. The summed E-state index contributed by atoms with van der Waals surface area (Å²) in [5.74, 6) is 1.41. The molecule has 0 atom stereocenters. The van der Waals surface area contributed by atoms with E-state index in [1.54, 1.807) is 48.4 Å². The van der Waals surface area contributed by atoms with Gasteiger partial charge in [-0.1, -0.05) is 12.1 Å². The number of aryl methyl sites for hydroxylation is 1. The minimum absolute atomic E-state index is 0.411. The predicted octanol–water partition coefficient (Wildman–Crippen LogP) is 1.49. The van der Waals surface area contributed by atoms with Crippen LogP contribution in [-0.4, -0.2) is 46.5 Å². The highest BCUT2D eigenvalue weighted by Gasteiger charge is 2.16. The normalized spacial score (nSPS) is 11.2. The average Bonchev–Trinajstić information content (AvgIpc) is 2.99. The van der Waals surface area contributed by atoms with Crippen LogP contribution in [0.25, 0.3) is 0 Å². The summed E-state index contributed by atoms with van der Waals surface area (Å²) in [4.78, 5) is 12.4. The Kier molecular flexibility index (Phi) is 4.71. The number of hydrogen-bond donors (Lipinski definition) is 2. The monoisotopic (exact) mass is 374 g/mol. The molecule has 3 rings (SSSR count). The molecule has 2 heterocycles. The molecule has 2 aromatic heterocycles. The van der Waals surface area contributed by atoms with Crippen molar-refractivity contribution in [3.63, 3.8) is 0 Å². The number of benzene rings is 1. The second-order valence-corrected chi connectivity index (χ2v) is 7.54. The summed E-state index contributed by atoms with van der Waals surface area (Å²) in [6, 6.07) is 8.73. The van der Waals surface area contributed by atoms with Gasteiger partial charge < -0.3 is 10.6 Å². The van der Waals surface area contributed by atoms with Crippen molar-refractivity contribution in [1.82, 2.24) is 24.7 Å². The number of hydrogen-bond acceptors (Lipinski definition) is 8. The summed E-state index contributed by atoms with van der Waals surface area (Å²) in [5.41, 5.74) is 1.11. The Hall–Kier alpha value is -3.21. The minimum atomic E-state index is -3.39. The Morgan fingerprint density at radius 3 is 2.42 bits per heavy atom. The second-order valence-electron chi connectivity index (χ2n) is 5.53. The van der Waals surface area contributed by atoms with E-state index in [0.717, 1.165) is 6.26 Å². The molecule has 0 saturated carbocycles. The molecule has 0 saturated heterocycles. The van der Waals surface area contributed by atoms with E-state index in [1.165, 1.54) is 17.7 Å². The largest absolute Gasteiger partial charge is 0.338 e. The Morgan fingerprint density at radius 2 is 1.77 bits per heavy atom. The van der Waals surface area contributed by atoms with E-state index < -0.39 is 10.0 Å². The predicted molar refractivity (Wildman–Crippen MR) is 99.3 cm³/mol. The summed E-state index contributed by atoms with van der Waals surface area (Å²) in [5, 5.41) is 10.2. The van der Waals surface area contributed by atoms with Crippen LogP contribution in [0.1, 0.15) is 0 Å². The molecular weight excluding hydrogens is 356 g/mol. The second kappa shape index (κ2) is 6.96. The number of nitrogens with one attached hydrogen (secondary N) is 2. The number of nitrogens with zero attached hydrogens (tertiary/aromatic N) is 6. The third kappa shape index (κ3) is 4.06. The molecule has 0 aliphatic heterocycles. The van der Waals surface area contributed by atoms with Crippen LogP contribution in [0.15, 0.2) is 43.0 Å². The fraction of sp³-hybridized carbons (Fsp3) is 0.200.